The fraction of sp³-hybridized carbons (Fsp3) is 0.333. The first-order valence-corrected chi connectivity index (χ1v) is 10.1. The maximum Gasteiger partial charge on any atom is 0.309 e. The van der Waals surface area contributed by atoms with Crippen molar-refractivity contribution in [3.8, 4) is 0 Å². The maximum atomic E-state index is 12.5. The number of anilines is 2. The third kappa shape index (κ3) is 4.54. The summed E-state index contributed by atoms with van der Waals surface area (Å²) in [5.41, 5.74) is 1.55. The normalized spacial score (nSPS) is 15.7. The van der Waals surface area contributed by atoms with Crippen molar-refractivity contribution in [2.75, 3.05) is 23.3 Å². The summed E-state index contributed by atoms with van der Waals surface area (Å²) in [6.07, 6.45) is 1.71. The fourth-order valence-corrected chi connectivity index (χ4v) is 3.42. The van der Waals surface area contributed by atoms with Crippen molar-refractivity contribution in [3.05, 3.63) is 47.6 Å². The van der Waals surface area contributed by atoms with E-state index in [1.165, 1.54) is 13.1 Å². The van der Waals surface area contributed by atoms with Gasteiger partial charge in [-0.3, -0.25) is 9.59 Å². The molecule has 156 valence electrons. The van der Waals surface area contributed by atoms with Gasteiger partial charge in [0.05, 0.1) is 10.9 Å². The van der Waals surface area contributed by atoms with Gasteiger partial charge in [0.2, 0.25) is 0 Å². The molecular weight excluding hydrogens is 408 g/mol. The minimum atomic E-state index is -0.926. The van der Waals surface area contributed by atoms with Gasteiger partial charge >= 0.3 is 5.97 Å². The topological polar surface area (TPSA) is 97.6 Å². The van der Waals surface area contributed by atoms with E-state index in [4.69, 9.17) is 20.8 Å². The van der Waals surface area contributed by atoms with Crippen LogP contribution in [0.25, 0.3) is 11.1 Å². The molecule has 0 aliphatic carbocycles. The van der Waals surface area contributed by atoms with E-state index in [1.807, 2.05) is 29.2 Å². The minimum Gasteiger partial charge on any atom is -0.452 e. The number of amides is 1. The summed E-state index contributed by atoms with van der Waals surface area (Å²) < 4.78 is 11.2. The van der Waals surface area contributed by atoms with E-state index in [9.17, 15) is 9.59 Å². The Balaban J connectivity index is 1.28. The Kier molecular flexibility index (Phi) is 5.85. The first kappa shape index (κ1) is 20.2. The number of rotatable bonds is 5. The summed E-state index contributed by atoms with van der Waals surface area (Å²) in [4.78, 5) is 35.3. The standard InChI is InChI=1S/C21H21ClN4O4/c1-13(19(27)25-18-7-6-15(22)12-23-18)29-20(28)14-8-10-26(11-9-14)21-24-16-4-2-3-5-17(16)30-21/h2-7,12-14H,8-11H2,1H3,(H,23,25,27). The largest absolute Gasteiger partial charge is 0.452 e. The lowest BCUT2D eigenvalue weighted by Gasteiger charge is -2.30. The van der Waals surface area contributed by atoms with E-state index < -0.39 is 12.0 Å². The van der Waals surface area contributed by atoms with Gasteiger partial charge in [0.15, 0.2) is 11.7 Å². The molecule has 0 spiro atoms. The highest BCUT2D eigenvalue weighted by Crippen LogP contribution is 2.27. The molecule has 1 saturated heterocycles. The number of carbonyl (C=O) groups excluding carboxylic acids is 2. The van der Waals surface area contributed by atoms with E-state index in [0.29, 0.717) is 42.8 Å². The molecule has 1 amide bonds. The van der Waals surface area contributed by atoms with Crippen molar-refractivity contribution in [1.29, 1.82) is 0 Å². The van der Waals surface area contributed by atoms with Crippen LogP contribution < -0.4 is 10.2 Å². The fourth-order valence-electron chi connectivity index (χ4n) is 3.30. The lowest BCUT2D eigenvalue weighted by Crippen LogP contribution is -2.39. The summed E-state index contributed by atoms with van der Waals surface area (Å²) in [5.74, 6) is -0.741. The zero-order chi connectivity index (χ0) is 21.1. The number of fused-ring (bicyclic) bond motifs is 1. The van der Waals surface area contributed by atoms with Crippen molar-refractivity contribution in [2.24, 2.45) is 5.92 Å². The molecule has 4 rings (SSSR count). The average Bonchev–Trinajstić information content (AvgIpc) is 3.19. The molecule has 1 aromatic carbocycles. The molecule has 2 aromatic heterocycles. The third-order valence-electron chi connectivity index (χ3n) is 5.02. The second-order valence-electron chi connectivity index (χ2n) is 7.16. The van der Waals surface area contributed by atoms with Crippen LogP contribution in [0.2, 0.25) is 5.02 Å². The van der Waals surface area contributed by atoms with Gasteiger partial charge in [-0.05, 0) is 44.0 Å². The lowest BCUT2D eigenvalue weighted by atomic mass is 9.97. The molecule has 3 heterocycles. The van der Waals surface area contributed by atoms with Crippen molar-refractivity contribution >= 4 is 46.4 Å². The summed E-state index contributed by atoms with van der Waals surface area (Å²) >= 11 is 5.78. The van der Waals surface area contributed by atoms with E-state index in [-0.39, 0.29) is 11.9 Å². The molecular formula is C21H21ClN4O4. The first-order valence-electron chi connectivity index (χ1n) is 9.73. The third-order valence-corrected chi connectivity index (χ3v) is 5.25. The average molecular weight is 429 g/mol. The Morgan fingerprint density at radius 2 is 2.00 bits per heavy atom. The van der Waals surface area contributed by atoms with Crippen LogP contribution in [0.1, 0.15) is 19.8 Å². The Morgan fingerprint density at radius 3 is 2.70 bits per heavy atom. The molecule has 8 nitrogen and oxygen atoms in total. The first-order chi connectivity index (χ1) is 14.5. The highest BCUT2D eigenvalue weighted by Gasteiger charge is 2.30. The number of hydrogen-bond donors (Lipinski definition) is 1. The molecule has 0 bridgehead atoms. The van der Waals surface area contributed by atoms with Crippen molar-refractivity contribution in [1.82, 2.24) is 9.97 Å². The Hall–Kier alpha value is -3.13. The van der Waals surface area contributed by atoms with Gasteiger partial charge < -0.3 is 19.4 Å². The van der Waals surface area contributed by atoms with Gasteiger partial charge in [-0.15, -0.1) is 0 Å². The van der Waals surface area contributed by atoms with Gasteiger partial charge in [-0.25, -0.2) is 4.98 Å². The molecule has 1 aliphatic heterocycles. The van der Waals surface area contributed by atoms with Crippen LogP contribution in [0.5, 0.6) is 0 Å². The second-order valence-corrected chi connectivity index (χ2v) is 7.59. The number of halogens is 1. The lowest BCUT2D eigenvalue weighted by molar-refractivity contribution is -0.158. The number of benzene rings is 1. The van der Waals surface area contributed by atoms with Crippen LogP contribution in [0.15, 0.2) is 47.0 Å². The SMILES string of the molecule is CC(OC(=O)C1CCN(c2nc3ccccc3o2)CC1)C(=O)Nc1ccc(Cl)cn1. The van der Waals surface area contributed by atoms with Crippen LogP contribution in [0, 0.1) is 5.92 Å². The number of aromatic nitrogens is 2. The van der Waals surface area contributed by atoms with Crippen molar-refractivity contribution in [3.63, 3.8) is 0 Å². The Morgan fingerprint density at radius 1 is 1.23 bits per heavy atom. The van der Waals surface area contributed by atoms with Crippen molar-refractivity contribution in [2.45, 2.75) is 25.9 Å². The van der Waals surface area contributed by atoms with Gasteiger partial charge in [-0.1, -0.05) is 23.7 Å². The van der Waals surface area contributed by atoms with E-state index >= 15 is 0 Å². The number of carbonyl (C=O) groups is 2. The summed E-state index contributed by atoms with van der Waals surface area (Å²) in [6, 6.07) is 11.4. The molecule has 1 fully saturated rings. The second kappa shape index (κ2) is 8.71. The number of hydrogen-bond acceptors (Lipinski definition) is 7. The highest BCUT2D eigenvalue weighted by atomic mass is 35.5. The smallest absolute Gasteiger partial charge is 0.309 e. The number of ether oxygens (including phenoxy) is 1. The molecule has 0 radical (unpaired) electrons. The van der Waals surface area contributed by atoms with Crippen LogP contribution in [0.4, 0.5) is 11.8 Å². The number of para-hydroxylation sites is 2. The van der Waals surface area contributed by atoms with E-state index in [1.54, 1.807) is 12.1 Å². The molecule has 1 atom stereocenters. The zero-order valence-electron chi connectivity index (χ0n) is 16.4. The van der Waals surface area contributed by atoms with E-state index in [2.05, 4.69) is 15.3 Å². The minimum absolute atomic E-state index is 0.269. The maximum absolute atomic E-state index is 12.5. The van der Waals surface area contributed by atoms with Gasteiger partial charge in [0, 0.05) is 19.3 Å². The summed E-state index contributed by atoms with van der Waals surface area (Å²) in [5, 5.41) is 3.07. The quantitative estimate of drug-likeness (QED) is 0.619. The number of pyridine rings is 1. The van der Waals surface area contributed by atoms with E-state index in [0.717, 1.165) is 11.1 Å². The molecule has 3 aromatic rings. The van der Waals surface area contributed by atoms with Crippen molar-refractivity contribution < 1.29 is 18.7 Å². The molecule has 1 unspecified atom stereocenters. The van der Waals surface area contributed by atoms with Crippen LogP contribution in [-0.4, -0.2) is 41.0 Å². The highest BCUT2D eigenvalue weighted by molar-refractivity contribution is 6.30. The molecule has 1 aliphatic rings. The van der Waals surface area contributed by atoms with Crippen LogP contribution >= 0.6 is 11.6 Å². The Labute approximate surface area is 178 Å². The number of nitrogens with zero attached hydrogens (tertiary/aromatic N) is 3. The molecule has 0 saturated carbocycles. The monoisotopic (exact) mass is 428 g/mol. The molecule has 1 N–H and O–H groups in total. The summed E-state index contributed by atoms with van der Waals surface area (Å²) in [7, 11) is 0. The van der Waals surface area contributed by atoms with Crippen LogP contribution in [0.3, 0.4) is 0 Å². The number of oxazole rings is 1. The molecule has 9 heteroatoms. The predicted molar refractivity (Wildman–Crippen MR) is 112 cm³/mol. The number of nitrogens with one attached hydrogen (secondary N) is 1. The molecule has 30 heavy (non-hydrogen) atoms. The van der Waals surface area contributed by atoms with Gasteiger partial charge in [0.25, 0.3) is 11.9 Å². The number of piperidine rings is 1. The van der Waals surface area contributed by atoms with Crippen LogP contribution in [-0.2, 0) is 14.3 Å². The zero-order valence-corrected chi connectivity index (χ0v) is 17.1. The summed E-state index contributed by atoms with van der Waals surface area (Å²) in [6.45, 7) is 2.79. The predicted octanol–water partition coefficient (Wildman–Crippen LogP) is 3.66. The van der Waals surface area contributed by atoms with Gasteiger partial charge in [-0.2, -0.15) is 4.98 Å². The van der Waals surface area contributed by atoms with Gasteiger partial charge in [0.1, 0.15) is 11.3 Å². The number of esters is 1. The Bertz CT molecular complexity index is 1010.